The minimum Gasteiger partial charge on any atom is -0.356 e. The van der Waals surface area contributed by atoms with Crippen LogP contribution in [0.2, 0.25) is 10.2 Å². The lowest BCUT2D eigenvalue weighted by Crippen LogP contribution is -2.38. The topological polar surface area (TPSA) is 54.2 Å². The fourth-order valence-electron chi connectivity index (χ4n) is 1.99. The zero-order valence-corrected chi connectivity index (χ0v) is 15.1. The molecular formula is C14H19Cl2N5S. The maximum atomic E-state index is 6.05. The Kier molecular flexibility index (Phi) is 6.11. The predicted octanol–water partition coefficient (Wildman–Crippen LogP) is 3.00. The lowest BCUT2D eigenvalue weighted by molar-refractivity contribution is 0.744. The third-order valence-corrected chi connectivity index (χ3v) is 4.88. The molecule has 8 heteroatoms. The van der Waals surface area contributed by atoms with Crippen LogP contribution in [-0.4, -0.2) is 29.1 Å². The summed E-state index contributed by atoms with van der Waals surface area (Å²) in [5.41, 5.74) is 2.10. The molecule has 0 spiro atoms. The Balaban J connectivity index is 1.81. The summed E-state index contributed by atoms with van der Waals surface area (Å²) in [7, 11) is 3.62. The van der Waals surface area contributed by atoms with E-state index in [0.717, 1.165) is 35.3 Å². The van der Waals surface area contributed by atoms with E-state index in [1.54, 1.807) is 18.4 Å². The van der Waals surface area contributed by atoms with E-state index < -0.39 is 0 Å². The number of nitrogens with one attached hydrogen (secondary N) is 2. The van der Waals surface area contributed by atoms with Gasteiger partial charge in [0, 0.05) is 38.1 Å². The quantitative estimate of drug-likeness (QED) is 0.637. The van der Waals surface area contributed by atoms with E-state index in [1.807, 2.05) is 24.6 Å². The van der Waals surface area contributed by atoms with Crippen LogP contribution in [0.4, 0.5) is 0 Å². The van der Waals surface area contributed by atoms with Gasteiger partial charge in [0.1, 0.15) is 5.15 Å². The van der Waals surface area contributed by atoms with Gasteiger partial charge in [-0.25, -0.2) is 4.98 Å². The van der Waals surface area contributed by atoms with Gasteiger partial charge in [-0.2, -0.15) is 0 Å². The molecule has 0 saturated heterocycles. The average molecular weight is 360 g/mol. The molecule has 0 aromatic carbocycles. The maximum Gasteiger partial charge on any atom is 0.191 e. The molecule has 120 valence electrons. The van der Waals surface area contributed by atoms with E-state index in [-0.39, 0.29) is 0 Å². The molecule has 0 atom stereocenters. The standard InChI is InChI=1S/C14H19Cl2N5S/c1-9-20-10(8-22-9)4-5-18-14(17-2)19-7-11-6-12(15)13(16)21(11)3/h6,8H,4-5,7H2,1-3H3,(H2,17,18,19). The van der Waals surface area contributed by atoms with Crippen molar-refractivity contribution < 1.29 is 0 Å². The summed E-state index contributed by atoms with van der Waals surface area (Å²) in [6.07, 6.45) is 0.868. The molecule has 0 saturated carbocycles. The largest absolute Gasteiger partial charge is 0.356 e. The Morgan fingerprint density at radius 1 is 1.41 bits per heavy atom. The van der Waals surface area contributed by atoms with Crippen molar-refractivity contribution in [2.24, 2.45) is 12.0 Å². The van der Waals surface area contributed by atoms with Gasteiger partial charge in [-0.3, -0.25) is 4.99 Å². The van der Waals surface area contributed by atoms with Crippen LogP contribution < -0.4 is 10.6 Å². The second-order valence-electron chi connectivity index (χ2n) is 4.79. The van der Waals surface area contributed by atoms with Crippen LogP contribution in [0.3, 0.4) is 0 Å². The average Bonchev–Trinajstić information content (AvgIpc) is 3.02. The Morgan fingerprint density at radius 3 is 2.73 bits per heavy atom. The molecule has 0 aliphatic rings. The number of aliphatic imine (C=N–C) groups is 1. The van der Waals surface area contributed by atoms with E-state index >= 15 is 0 Å². The summed E-state index contributed by atoms with van der Waals surface area (Å²) in [6.45, 7) is 3.38. The molecule has 0 radical (unpaired) electrons. The van der Waals surface area contributed by atoms with Crippen LogP contribution in [0.25, 0.3) is 0 Å². The molecule has 2 aromatic rings. The zero-order chi connectivity index (χ0) is 16.1. The van der Waals surface area contributed by atoms with Crippen molar-refractivity contribution in [3.8, 4) is 0 Å². The third kappa shape index (κ3) is 4.38. The number of halogens is 2. The minimum absolute atomic E-state index is 0.542. The molecule has 0 aliphatic heterocycles. The van der Waals surface area contributed by atoms with Gasteiger partial charge in [0.15, 0.2) is 5.96 Å². The molecule has 0 unspecified atom stereocenters. The highest BCUT2D eigenvalue weighted by molar-refractivity contribution is 7.09. The van der Waals surface area contributed by atoms with E-state index in [4.69, 9.17) is 23.2 Å². The zero-order valence-electron chi connectivity index (χ0n) is 12.8. The van der Waals surface area contributed by atoms with Crippen molar-refractivity contribution >= 4 is 40.5 Å². The molecule has 0 aliphatic carbocycles. The summed E-state index contributed by atoms with van der Waals surface area (Å²) < 4.78 is 1.85. The Labute approximate surface area is 144 Å². The first-order valence-electron chi connectivity index (χ1n) is 6.86. The molecule has 22 heavy (non-hydrogen) atoms. The van der Waals surface area contributed by atoms with Crippen LogP contribution in [0.15, 0.2) is 16.4 Å². The highest BCUT2D eigenvalue weighted by Crippen LogP contribution is 2.24. The van der Waals surface area contributed by atoms with Gasteiger partial charge >= 0.3 is 0 Å². The van der Waals surface area contributed by atoms with Gasteiger partial charge < -0.3 is 15.2 Å². The highest BCUT2D eigenvalue weighted by atomic mass is 35.5. The first-order valence-corrected chi connectivity index (χ1v) is 8.50. The van der Waals surface area contributed by atoms with E-state index in [1.165, 1.54) is 0 Å². The van der Waals surface area contributed by atoms with Gasteiger partial charge in [0.05, 0.1) is 22.3 Å². The summed E-state index contributed by atoms with van der Waals surface area (Å²) in [6, 6.07) is 1.85. The van der Waals surface area contributed by atoms with Gasteiger partial charge in [0.2, 0.25) is 0 Å². The molecule has 0 bridgehead atoms. The van der Waals surface area contributed by atoms with Crippen molar-refractivity contribution in [1.29, 1.82) is 0 Å². The van der Waals surface area contributed by atoms with Crippen molar-refractivity contribution in [3.63, 3.8) is 0 Å². The Hall–Kier alpha value is -1.24. The van der Waals surface area contributed by atoms with Crippen molar-refractivity contribution in [2.45, 2.75) is 19.9 Å². The molecule has 2 heterocycles. The third-order valence-electron chi connectivity index (χ3n) is 3.22. The Bertz CT molecular complexity index is 662. The highest BCUT2D eigenvalue weighted by Gasteiger charge is 2.09. The SMILES string of the molecule is CN=C(NCCc1csc(C)n1)NCc1cc(Cl)c(Cl)n1C. The smallest absolute Gasteiger partial charge is 0.191 e. The summed E-state index contributed by atoms with van der Waals surface area (Å²) >= 11 is 13.7. The van der Waals surface area contributed by atoms with Crippen molar-refractivity contribution in [3.05, 3.63) is 38.0 Å². The van der Waals surface area contributed by atoms with Gasteiger partial charge in [0.25, 0.3) is 0 Å². The molecule has 5 nitrogen and oxygen atoms in total. The predicted molar refractivity (Wildman–Crippen MR) is 94.2 cm³/mol. The van der Waals surface area contributed by atoms with Crippen molar-refractivity contribution in [1.82, 2.24) is 20.2 Å². The summed E-state index contributed by atoms with van der Waals surface area (Å²) in [5.74, 6) is 0.736. The number of rotatable bonds is 5. The summed E-state index contributed by atoms with van der Waals surface area (Å²) in [4.78, 5) is 8.64. The molecule has 0 amide bonds. The van der Waals surface area contributed by atoms with Crippen LogP contribution in [-0.2, 0) is 20.0 Å². The Morgan fingerprint density at radius 2 is 2.18 bits per heavy atom. The molecule has 2 N–H and O–H groups in total. The normalized spacial score (nSPS) is 11.8. The fraction of sp³-hybridized carbons (Fsp3) is 0.429. The van der Waals surface area contributed by atoms with Crippen LogP contribution >= 0.6 is 34.5 Å². The van der Waals surface area contributed by atoms with Gasteiger partial charge in [-0.05, 0) is 13.0 Å². The fourth-order valence-corrected chi connectivity index (χ4v) is 3.05. The number of thiazole rings is 1. The number of guanidine groups is 1. The molecular weight excluding hydrogens is 341 g/mol. The maximum absolute atomic E-state index is 6.05. The first kappa shape index (κ1) is 17.1. The lowest BCUT2D eigenvalue weighted by Gasteiger charge is -2.12. The number of aryl methyl sites for hydroxylation is 1. The molecule has 2 rings (SSSR count). The van der Waals surface area contributed by atoms with Crippen LogP contribution in [0.5, 0.6) is 0 Å². The number of hydrogen-bond acceptors (Lipinski definition) is 3. The minimum atomic E-state index is 0.542. The first-order chi connectivity index (χ1) is 10.5. The van der Waals surface area contributed by atoms with Gasteiger partial charge in [-0.1, -0.05) is 23.2 Å². The number of nitrogens with zero attached hydrogens (tertiary/aromatic N) is 3. The number of aromatic nitrogens is 2. The second-order valence-corrected chi connectivity index (χ2v) is 6.62. The van der Waals surface area contributed by atoms with Crippen LogP contribution in [0.1, 0.15) is 16.4 Å². The van der Waals surface area contributed by atoms with E-state index in [9.17, 15) is 0 Å². The lowest BCUT2D eigenvalue weighted by atomic mass is 10.3. The summed E-state index contributed by atoms with van der Waals surface area (Å²) in [5, 5.41) is 10.8. The van der Waals surface area contributed by atoms with Crippen LogP contribution in [0, 0.1) is 6.92 Å². The second kappa shape index (κ2) is 7.85. The van der Waals surface area contributed by atoms with E-state index in [2.05, 4.69) is 26.0 Å². The van der Waals surface area contributed by atoms with E-state index in [0.29, 0.717) is 16.7 Å². The van der Waals surface area contributed by atoms with Gasteiger partial charge in [-0.15, -0.1) is 11.3 Å². The molecule has 2 aromatic heterocycles. The van der Waals surface area contributed by atoms with Crippen molar-refractivity contribution in [2.75, 3.05) is 13.6 Å². The monoisotopic (exact) mass is 359 g/mol. The molecule has 0 fully saturated rings. The number of hydrogen-bond donors (Lipinski definition) is 2.